The summed E-state index contributed by atoms with van der Waals surface area (Å²) in [6.07, 6.45) is -1.21. The Bertz CT molecular complexity index is 1320. The number of benzene rings is 2. The molecule has 0 radical (unpaired) electrons. The first-order valence-electron chi connectivity index (χ1n) is 14.6. The molecule has 11 nitrogen and oxygen atoms in total. The fraction of sp³-hybridized carbons (Fsp3) is 0.567. The lowest BCUT2D eigenvalue weighted by molar-refractivity contribution is 0.0444. The van der Waals surface area contributed by atoms with Gasteiger partial charge in [-0.05, 0) is 88.9 Å². The molecule has 0 fully saturated rings. The van der Waals surface area contributed by atoms with Gasteiger partial charge >= 0.3 is 13.7 Å². The van der Waals surface area contributed by atoms with E-state index in [0.29, 0.717) is 11.1 Å². The van der Waals surface area contributed by atoms with Crippen LogP contribution in [0.5, 0.6) is 5.75 Å². The lowest BCUT2D eigenvalue weighted by atomic mass is 10.0. The molecule has 0 aliphatic carbocycles. The second-order valence-corrected chi connectivity index (χ2v) is 15.8. The van der Waals surface area contributed by atoms with Crippen molar-refractivity contribution in [1.29, 1.82) is 0 Å². The Hall–Kier alpha value is -2.04. The zero-order valence-electron chi connectivity index (χ0n) is 26.9. The van der Waals surface area contributed by atoms with Gasteiger partial charge < -0.3 is 28.4 Å². The third-order valence-corrected chi connectivity index (χ3v) is 10.6. The van der Waals surface area contributed by atoms with Crippen molar-refractivity contribution in [2.75, 3.05) is 33.4 Å². The quantitative estimate of drug-likeness (QED) is 0.215. The molecule has 14 heteroatoms. The van der Waals surface area contributed by atoms with Gasteiger partial charge in [0.05, 0.1) is 42.7 Å². The van der Waals surface area contributed by atoms with Gasteiger partial charge in [-0.15, -0.1) is 0 Å². The maximum atomic E-state index is 13.8. The van der Waals surface area contributed by atoms with Gasteiger partial charge in [-0.25, -0.2) is 13.2 Å². The van der Waals surface area contributed by atoms with E-state index in [1.54, 1.807) is 71.0 Å². The summed E-state index contributed by atoms with van der Waals surface area (Å²) >= 11 is 0. The molecule has 0 aromatic heterocycles. The van der Waals surface area contributed by atoms with Crippen LogP contribution in [0.1, 0.15) is 54.0 Å². The van der Waals surface area contributed by atoms with Gasteiger partial charge in [-0.2, -0.15) is 4.31 Å². The van der Waals surface area contributed by atoms with Crippen molar-refractivity contribution < 1.29 is 40.8 Å². The molecular weight excluding hydrogens is 626 g/mol. The van der Waals surface area contributed by atoms with E-state index < -0.39 is 41.5 Å². The number of methoxy groups -OCH3 is 1. The fourth-order valence-electron chi connectivity index (χ4n) is 4.37. The Morgan fingerprint density at radius 3 is 2.00 bits per heavy atom. The van der Waals surface area contributed by atoms with Crippen molar-refractivity contribution in [3.05, 3.63) is 54.1 Å². The summed E-state index contributed by atoms with van der Waals surface area (Å²) in [5, 5.41) is 3.29. The Morgan fingerprint density at radius 2 is 1.55 bits per heavy atom. The summed E-state index contributed by atoms with van der Waals surface area (Å²) in [4.78, 5) is 13.1. The van der Waals surface area contributed by atoms with Crippen LogP contribution >= 0.6 is 17.1 Å². The van der Waals surface area contributed by atoms with Crippen molar-refractivity contribution >= 4 is 38.5 Å². The van der Waals surface area contributed by atoms with Gasteiger partial charge in [-0.1, -0.05) is 26.0 Å². The zero-order chi connectivity index (χ0) is 33.1. The third kappa shape index (κ3) is 11.4. The van der Waals surface area contributed by atoms with Gasteiger partial charge in [0.1, 0.15) is 11.4 Å². The highest BCUT2D eigenvalue weighted by Crippen LogP contribution is 2.46. The van der Waals surface area contributed by atoms with E-state index in [4.69, 9.17) is 23.0 Å². The number of amides is 1. The minimum absolute atomic E-state index is 0.00404. The number of nitrogens with one attached hydrogen (secondary N) is 1. The normalized spacial score (nSPS) is 14.0. The van der Waals surface area contributed by atoms with Crippen LogP contribution in [0, 0.1) is 5.92 Å². The maximum absolute atomic E-state index is 13.8. The molecule has 2 aromatic rings. The Labute approximate surface area is 265 Å². The molecule has 0 spiro atoms. The van der Waals surface area contributed by atoms with Gasteiger partial charge in [0, 0.05) is 22.6 Å². The molecule has 2 aromatic carbocycles. The molecule has 0 aliphatic rings. The van der Waals surface area contributed by atoms with Gasteiger partial charge in [0.2, 0.25) is 10.0 Å². The summed E-state index contributed by atoms with van der Waals surface area (Å²) in [5.74, 6) is 0.543. The van der Waals surface area contributed by atoms with E-state index in [9.17, 15) is 17.8 Å². The first kappa shape index (κ1) is 38.1. The molecule has 2 rings (SSSR count). The summed E-state index contributed by atoms with van der Waals surface area (Å²) in [6, 6.07) is 12.3. The molecule has 0 aliphatic heterocycles. The number of carbonyl (C=O) groups excluding carboxylic acids is 1. The van der Waals surface area contributed by atoms with E-state index in [-0.39, 0.29) is 43.5 Å². The van der Waals surface area contributed by atoms with Crippen LogP contribution < -0.4 is 15.4 Å². The number of rotatable bonds is 17. The smallest absolute Gasteiger partial charge is 0.407 e. The monoisotopic (exact) mass is 674 g/mol. The molecule has 0 heterocycles. The molecule has 3 atom stereocenters. The first-order chi connectivity index (χ1) is 20.6. The highest BCUT2D eigenvalue weighted by molar-refractivity contribution is 7.89. The minimum Gasteiger partial charge on any atom is -0.497 e. The van der Waals surface area contributed by atoms with E-state index in [1.165, 1.54) is 23.5 Å². The Morgan fingerprint density at radius 1 is 0.977 bits per heavy atom. The molecule has 0 saturated carbocycles. The Kier molecular flexibility index (Phi) is 14.8. The number of nitrogens with zero attached hydrogens (tertiary/aromatic N) is 1. The largest absolute Gasteiger partial charge is 0.497 e. The molecular formula is C30H48N2O9P2S. The first-order valence-corrected chi connectivity index (χ1v) is 18.0. The van der Waals surface area contributed by atoms with Crippen LogP contribution in [0.3, 0.4) is 0 Å². The molecule has 1 unspecified atom stereocenters. The second-order valence-electron chi connectivity index (χ2n) is 11.5. The van der Waals surface area contributed by atoms with E-state index in [2.05, 4.69) is 14.8 Å². The number of ether oxygens (including phenoxy) is 2. The number of sulfonamides is 1. The van der Waals surface area contributed by atoms with Gasteiger partial charge in [0.25, 0.3) is 0 Å². The van der Waals surface area contributed by atoms with Crippen molar-refractivity contribution in [1.82, 2.24) is 9.62 Å². The standard InChI is InChI=1S/C30H48N2O9P2S/c1-9-38-43(34,39-10-2)25-15-11-23(12-16-25)19-27(31-29(33)40-30(5,6)7)28(41-42)21-32(20-22(3)4)44(35,36)26-17-13-24(37-8)14-18-26/h11-18,22,27-28H,9-10,19-21,42H2,1-8H3,(H,31,33)/t27-,28+/m0/s1. The van der Waals surface area contributed by atoms with Crippen LogP contribution in [-0.4, -0.2) is 70.0 Å². The van der Waals surface area contributed by atoms with Crippen LogP contribution in [0.15, 0.2) is 53.4 Å². The summed E-state index contributed by atoms with van der Waals surface area (Å²) in [7, 11) is -3.71. The molecule has 0 saturated heterocycles. The van der Waals surface area contributed by atoms with Crippen molar-refractivity contribution in [3.63, 3.8) is 0 Å². The van der Waals surface area contributed by atoms with Crippen molar-refractivity contribution in [2.24, 2.45) is 5.92 Å². The van der Waals surface area contributed by atoms with Crippen LogP contribution in [0.4, 0.5) is 4.79 Å². The minimum atomic E-state index is -3.94. The van der Waals surface area contributed by atoms with Crippen LogP contribution in [0.25, 0.3) is 0 Å². The average molecular weight is 675 g/mol. The topological polar surface area (TPSA) is 130 Å². The SMILES string of the molecule is CCOP(=O)(OCC)c1ccc(C[C@H](NC(=O)OC(C)(C)C)[C@@H](CN(CC(C)C)S(=O)(=O)c2ccc(OC)cc2)OP)cc1. The molecule has 0 bridgehead atoms. The fourth-order valence-corrected chi connectivity index (χ4v) is 7.83. The predicted octanol–water partition coefficient (Wildman–Crippen LogP) is 5.54. The van der Waals surface area contributed by atoms with E-state index >= 15 is 0 Å². The molecule has 248 valence electrons. The van der Waals surface area contributed by atoms with Crippen molar-refractivity contribution in [3.8, 4) is 5.75 Å². The predicted molar refractivity (Wildman–Crippen MR) is 175 cm³/mol. The number of carbonyl (C=O) groups is 1. The lowest BCUT2D eigenvalue weighted by Crippen LogP contribution is -2.52. The molecule has 44 heavy (non-hydrogen) atoms. The van der Waals surface area contributed by atoms with Crippen LogP contribution in [0.2, 0.25) is 0 Å². The highest BCUT2D eigenvalue weighted by Gasteiger charge is 2.34. The van der Waals surface area contributed by atoms with Gasteiger partial charge in [0.15, 0.2) is 0 Å². The number of alkyl carbamates (subject to hydrolysis) is 1. The highest BCUT2D eigenvalue weighted by atomic mass is 32.2. The third-order valence-electron chi connectivity index (χ3n) is 6.28. The van der Waals surface area contributed by atoms with Crippen molar-refractivity contribution in [2.45, 2.75) is 77.5 Å². The Balaban J connectivity index is 2.45. The molecule has 1 amide bonds. The second kappa shape index (κ2) is 17.0. The maximum Gasteiger partial charge on any atom is 0.407 e. The zero-order valence-corrected chi connectivity index (χ0v) is 29.8. The summed E-state index contributed by atoms with van der Waals surface area (Å²) in [5.41, 5.74) is 0.0177. The van der Waals surface area contributed by atoms with E-state index in [1.807, 2.05) is 13.8 Å². The van der Waals surface area contributed by atoms with Crippen LogP contribution in [-0.2, 0) is 39.3 Å². The number of hydrogen-bond acceptors (Lipinski definition) is 9. The molecule has 1 N–H and O–H groups in total. The average Bonchev–Trinajstić information content (AvgIpc) is 2.94. The van der Waals surface area contributed by atoms with E-state index in [0.717, 1.165) is 5.56 Å². The lowest BCUT2D eigenvalue weighted by Gasteiger charge is -2.33. The summed E-state index contributed by atoms with van der Waals surface area (Å²) < 4.78 is 69.6. The summed E-state index contributed by atoms with van der Waals surface area (Å²) in [6.45, 7) is 13.2. The number of hydrogen-bond donors (Lipinski definition) is 1. The van der Waals surface area contributed by atoms with Gasteiger partial charge in [-0.3, -0.25) is 4.57 Å².